The number of amides is 1. The molecule has 4 nitrogen and oxygen atoms in total. The number of anilines is 1. The molecule has 0 bridgehead atoms. The van der Waals surface area contributed by atoms with Crippen molar-refractivity contribution in [2.45, 2.75) is 12.3 Å². The Morgan fingerprint density at radius 2 is 2.31 bits per heavy atom. The minimum Gasteiger partial charge on any atom is -0.482 e. The molecule has 1 aromatic carbocycles. The number of benzene rings is 1. The van der Waals surface area contributed by atoms with Crippen molar-refractivity contribution in [2.24, 2.45) is 0 Å². The van der Waals surface area contributed by atoms with Crippen LogP contribution < -0.4 is 10.1 Å². The zero-order valence-electron chi connectivity index (χ0n) is 8.62. The molecule has 1 heterocycles. The first kappa shape index (κ1) is 11.0. The minimum absolute atomic E-state index is 0.00615. The third-order valence-corrected chi connectivity index (χ3v) is 2.46. The molecule has 1 aliphatic heterocycles. The molecule has 84 valence electrons. The lowest BCUT2D eigenvalue weighted by atomic mass is 10.1. The van der Waals surface area contributed by atoms with Gasteiger partial charge in [0.1, 0.15) is 5.75 Å². The third kappa shape index (κ3) is 2.02. The van der Waals surface area contributed by atoms with Gasteiger partial charge in [-0.1, -0.05) is 0 Å². The highest BCUT2D eigenvalue weighted by atomic mass is 35.5. The number of ether oxygens (including phenoxy) is 1. The summed E-state index contributed by atoms with van der Waals surface area (Å²) in [6, 6.07) is 4.87. The average Bonchev–Trinajstić information content (AvgIpc) is 2.26. The summed E-state index contributed by atoms with van der Waals surface area (Å²) in [7, 11) is 0. The van der Waals surface area contributed by atoms with Crippen molar-refractivity contribution >= 4 is 29.0 Å². The molecule has 1 aliphatic rings. The fourth-order valence-electron chi connectivity index (χ4n) is 1.47. The molecule has 5 heteroatoms. The molecule has 1 aromatic rings. The molecule has 0 fully saturated rings. The first-order chi connectivity index (χ1) is 7.58. The standard InChI is InChI=1S/C11H10ClNO3/c1-6(12)11(15)7-2-3-9-8(4-7)13-10(14)5-16-9/h2-4,6H,5H2,1H3,(H,13,14)/t6-/m0/s1. The van der Waals surface area contributed by atoms with Crippen LogP contribution in [0.4, 0.5) is 5.69 Å². The Bertz CT molecular complexity index is 457. The number of hydrogen-bond acceptors (Lipinski definition) is 3. The molecule has 0 radical (unpaired) electrons. The van der Waals surface area contributed by atoms with Gasteiger partial charge in [0, 0.05) is 5.56 Å². The number of rotatable bonds is 2. The molecule has 16 heavy (non-hydrogen) atoms. The lowest BCUT2D eigenvalue weighted by Gasteiger charge is -2.18. The van der Waals surface area contributed by atoms with E-state index >= 15 is 0 Å². The minimum atomic E-state index is -0.585. The number of carbonyl (C=O) groups excluding carboxylic acids is 2. The van der Waals surface area contributed by atoms with Crippen LogP contribution in [-0.2, 0) is 4.79 Å². The number of ketones is 1. The number of fused-ring (bicyclic) bond motifs is 1. The maximum absolute atomic E-state index is 11.6. The number of hydrogen-bond donors (Lipinski definition) is 1. The van der Waals surface area contributed by atoms with Crippen molar-refractivity contribution < 1.29 is 14.3 Å². The van der Waals surface area contributed by atoms with E-state index in [1.165, 1.54) is 0 Å². The Balaban J connectivity index is 2.35. The van der Waals surface area contributed by atoms with E-state index in [1.807, 2.05) is 0 Å². The van der Waals surface area contributed by atoms with E-state index in [0.717, 1.165) is 0 Å². The summed E-state index contributed by atoms with van der Waals surface area (Å²) in [5, 5.41) is 2.05. The van der Waals surface area contributed by atoms with Crippen LogP contribution in [0.2, 0.25) is 0 Å². The van der Waals surface area contributed by atoms with Gasteiger partial charge in [-0.05, 0) is 25.1 Å². The van der Waals surface area contributed by atoms with E-state index < -0.39 is 5.38 Å². The Labute approximate surface area is 97.5 Å². The fraction of sp³-hybridized carbons (Fsp3) is 0.273. The van der Waals surface area contributed by atoms with Crippen LogP contribution in [0.1, 0.15) is 17.3 Å². The van der Waals surface area contributed by atoms with E-state index in [1.54, 1.807) is 25.1 Å². The van der Waals surface area contributed by atoms with E-state index in [4.69, 9.17) is 16.3 Å². The predicted molar refractivity (Wildman–Crippen MR) is 60.2 cm³/mol. The summed E-state index contributed by atoms with van der Waals surface area (Å²) in [4.78, 5) is 22.7. The van der Waals surface area contributed by atoms with Gasteiger partial charge < -0.3 is 10.1 Å². The van der Waals surface area contributed by atoms with Gasteiger partial charge in [-0.15, -0.1) is 11.6 Å². The normalized spacial score (nSPS) is 15.8. The van der Waals surface area contributed by atoms with Gasteiger partial charge in [-0.3, -0.25) is 9.59 Å². The summed E-state index contributed by atoms with van der Waals surface area (Å²) in [6.45, 7) is 1.62. The maximum atomic E-state index is 11.6. The number of halogens is 1. The van der Waals surface area contributed by atoms with Crippen molar-refractivity contribution in [1.29, 1.82) is 0 Å². The molecule has 0 aromatic heterocycles. The van der Waals surface area contributed by atoms with Crippen LogP contribution in [0.5, 0.6) is 5.75 Å². The smallest absolute Gasteiger partial charge is 0.262 e. The Hall–Kier alpha value is -1.55. The van der Waals surface area contributed by atoms with Crippen LogP contribution in [0.3, 0.4) is 0 Å². The first-order valence-electron chi connectivity index (χ1n) is 4.83. The van der Waals surface area contributed by atoms with E-state index in [0.29, 0.717) is 17.0 Å². The van der Waals surface area contributed by atoms with Crippen LogP contribution in [0.25, 0.3) is 0 Å². The summed E-state index contributed by atoms with van der Waals surface area (Å²) in [6.07, 6.45) is 0. The maximum Gasteiger partial charge on any atom is 0.262 e. The van der Waals surface area contributed by atoms with Gasteiger partial charge in [-0.2, -0.15) is 0 Å². The highest BCUT2D eigenvalue weighted by Crippen LogP contribution is 2.29. The number of alkyl halides is 1. The van der Waals surface area contributed by atoms with Gasteiger partial charge in [0.05, 0.1) is 11.1 Å². The molecule has 1 atom stereocenters. The molecule has 2 rings (SSSR count). The molecule has 0 saturated carbocycles. The third-order valence-electron chi connectivity index (χ3n) is 2.26. The van der Waals surface area contributed by atoms with Crippen molar-refractivity contribution in [1.82, 2.24) is 0 Å². The summed E-state index contributed by atoms with van der Waals surface area (Å²) in [5.41, 5.74) is 0.978. The fourth-order valence-corrected chi connectivity index (χ4v) is 1.59. The summed E-state index contributed by atoms with van der Waals surface area (Å²) in [5.74, 6) is 0.165. The molecular formula is C11H10ClNO3. The molecule has 0 saturated heterocycles. The highest BCUT2D eigenvalue weighted by Gasteiger charge is 2.19. The van der Waals surface area contributed by atoms with Crippen molar-refractivity contribution in [3.63, 3.8) is 0 Å². The largest absolute Gasteiger partial charge is 0.482 e. The predicted octanol–water partition coefficient (Wildman–Crippen LogP) is 1.83. The van der Waals surface area contributed by atoms with Gasteiger partial charge in [0.25, 0.3) is 5.91 Å². The van der Waals surface area contributed by atoms with Gasteiger partial charge in [0.2, 0.25) is 0 Å². The lowest BCUT2D eigenvalue weighted by Crippen LogP contribution is -2.25. The molecule has 1 amide bonds. The second-order valence-electron chi connectivity index (χ2n) is 3.53. The second-order valence-corrected chi connectivity index (χ2v) is 4.18. The average molecular weight is 240 g/mol. The second kappa shape index (κ2) is 4.14. The summed E-state index contributed by atoms with van der Waals surface area (Å²) >= 11 is 5.71. The van der Waals surface area contributed by atoms with Crippen LogP contribution in [0, 0.1) is 0 Å². The van der Waals surface area contributed by atoms with Gasteiger partial charge >= 0.3 is 0 Å². The van der Waals surface area contributed by atoms with Crippen LogP contribution >= 0.6 is 11.6 Å². The number of nitrogens with one attached hydrogen (secondary N) is 1. The molecular weight excluding hydrogens is 230 g/mol. The van der Waals surface area contributed by atoms with Crippen molar-refractivity contribution in [3.05, 3.63) is 23.8 Å². The highest BCUT2D eigenvalue weighted by molar-refractivity contribution is 6.33. The monoisotopic (exact) mass is 239 g/mol. The van der Waals surface area contributed by atoms with Crippen LogP contribution in [-0.4, -0.2) is 23.7 Å². The van der Waals surface area contributed by atoms with Gasteiger partial charge in [-0.25, -0.2) is 0 Å². The molecule has 0 aliphatic carbocycles. The first-order valence-corrected chi connectivity index (χ1v) is 5.26. The van der Waals surface area contributed by atoms with E-state index in [2.05, 4.69) is 5.32 Å². The zero-order chi connectivity index (χ0) is 11.7. The van der Waals surface area contributed by atoms with Gasteiger partial charge in [0.15, 0.2) is 12.4 Å². The summed E-state index contributed by atoms with van der Waals surface area (Å²) < 4.78 is 5.17. The topological polar surface area (TPSA) is 55.4 Å². The quantitative estimate of drug-likeness (QED) is 0.633. The van der Waals surface area contributed by atoms with Crippen LogP contribution in [0.15, 0.2) is 18.2 Å². The van der Waals surface area contributed by atoms with Crippen molar-refractivity contribution in [2.75, 3.05) is 11.9 Å². The zero-order valence-corrected chi connectivity index (χ0v) is 9.38. The number of carbonyl (C=O) groups is 2. The molecule has 0 spiro atoms. The Morgan fingerprint density at radius 1 is 1.56 bits per heavy atom. The number of Topliss-reactive ketones (excluding diaryl/α,β-unsaturated/α-hetero) is 1. The molecule has 1 N–H and O–H groups in total. The lowest BCUT2D eigenvalue weighted by molar-refractivity contribution is -0.118. The SMILES string of the molecule is C[C@H](Cl)C(=O)c1ccc2c(c1)NC(=O)CO2. The van der Waals surface area contributed by atoms with Crippen molar-refractivity contribution in [3.8, 4) is 5.75 Å². The van der Waals surface area contributed by atoms with E-state index in [-0.39, 0.29) is 18.3 Å². The Morgan fingerprint density at radius 3 is 3.00 bits per heavy atom. The Kier molecular flexibility index (Phi) is 2.83. The molecule has 0 unspecified atom stereocenters. The van der Waals surface area contributed by atoms with E-state index in [9.17, 15) is 9.59 Å².